The molecule has 37 heavy (non-hydrogen) atoms. The second-order valence-corrected chi connectivity index (χ2v) is 9.54. The molecule has 1 amide bonds. The van der Waals surface area contributed by atoms with Crippen molar-refractivity contribution >= 4 is 6.09 Å². The average Bonchev–Trinajstić information content (AvgIpc) is 2.95. The van der Waals surface area contributed by atoms with Gasteiger partial charge in [0.1, 0.15) is 24.7 Å². The van der Waals surface area contributed by atoms with Gasteiger partial charge in [-0.15, -0.1) is 0 Å². The van der Waals surface area contributed by atoms with Crippen molar-refractivity contribution in [3.63, 3.8) is 0 Å². The molecule has 1 aliphatic heterocycles. The van der Waals surface area contributed by atoms with E-state index in [1.165, 1.54) is 11.1 Å². The molecule has 0 saturated carbocycles. The highest BCUT2D eigenvalue weighted by Crippen LogP contribution is 2.47. The predicted octanol–water partition coefficient (Wildman–Crippen LogP) is 6.73. The van der Waals surface area contributed by atoms with Gasteiger partial charge in [-0.25, -0.2) is 4.79 Å². The van der Waals surface area contributed by atoms with E-state index in [-0.39, 0.29) is 18.7 Å². The van der Waals surface area contributed by atoms with Crippen LogP contribution < -0.4 is 9.47 Å². The van der Waals surface area contributed by atoms with Gasteiger partial charge in [-0.3, -0.25) is 0 Å². The summed E-state index contributed by atoms with van der Waals surface area (Å²) in [6.07, 6.45) is 1.20. The zero-order valence-electron chi connectivity index (χ0n) is 20.9. The van der Waals surface area contributed by atoms with Crippen molar-refractivity contribution in [2.24, 2.45) is 0 Å². The van der Waals surface area contributed by atoms with Crippen LogP contribution in [0.1, 0.15) is 33.9 Å². The Kier molecular flexibility index (Phi) is 6.27. The fraction of sp³-hybridized carbons (Fsp3) is 0.219. The zero-order chi connectivity index (χ0) is 25.2. The topological polar surface area (TPSA) is 48.0 Å². The Balaban J connectivity index is 1.30. The van der Waals surface area contributed by atoms with Crippen LogP contribution in [0.2, 0.25) is 0 Å². The van der Waals surface area contributed by atoms with E-state index in [0.29, 0.717) is 19.6 Å². The summed E-state index contributed by atoms with van der Waals surface area (Å²) >= 11 is 0. The summed E-state index contributed by atoms with van der Waals surface area (Å²) in [6.45, 7) is 1.38. The average molecular weight is 492 g/mol. The number of amides is 1. The number of ether oxygens (including phenoxy) is 3. The van der Waals surface area contributed by atoms with Crippen molar-refractivity contribution < 1.29 is 19.0 Å². The van der Waals surface area contributed by atoms with Crippen molar-refractivity contribution in [3.8, 4) is 22.6 Å². The molecule has 0 saturated heterocycles. The lowest BCUT2D eigenvalue weighted by atomic mass is 9.77. The van der Waals surface area contributed by atoms with Crippen molar-refractivity contribution in [1.29, 1.82) is 0 Å². The minimum absolute atomic E-state index is 0.0928. The first kappa shape index (κ1) is 23.2. The molecule has 0 radical (unpaired) electrons. The smallest absolute Gasteiger partial charge is 0.410 e. The van der Waals surface area contributed by atoms with E-state index in [9.17, 15) is 4.79 Å². The first-order valence-corrected chi connectivity index (χ1v) is 12.7. The number of hydrogen-bond donors (Lipinski definition) is 0. The quantitative estimate of drug-likeness (QED) is 0.300. The number of benzene rings is 4. The monoisotopic (exact) mass is 491 g/mol. The van der Waals surface area contributed by atoms with Gasteiger partial charge in [0.25, 0.3) is 0 Å². The summed E-state index contributed by atoms with van der Waals surface area (Å²) < 4.78 is 17.5. The van der Waals surface area contributed by atoms with Crippen LogP contribution in [0.3, 0.4) is 0 Å². The second-order valence-electron chi connectivity index (χ2n) is 9.54. The van der Waals surface area contributed by atoms with E-state index in [2.05, 4.69) is 36.4 Å². The van der Waals surface area contributed by atoms with Crippen molar-refractivity contribution in [2.75, 3.05) is 13.7 Å². The molecule has 1 unspecified atom stereocenters. The largest absolute Gasteiger partial charge is 0.497 e. The lowest BCUT2D eigenvalue weighted by molar-refractivity contribution is 0.0767. The summed E-state index contributed by atoms with van der Waals surface area (Å²) in [6, 6.07) is 30.3. The molecular weight excluding hydrogens is 462 g/mol. The van der Waals surface area contributed by atoms with Crippen molar-refractivity contribution in [2.45, 2.75) is 32.1 Å². The van der Waals surface area contributed by atoms with Crippen LogP contribution in [0.25, 0.3) is 11.1 Å². The fourth-order valence-electron chi connectivity index (χ4n) is 5.45. The van der Waals surface area contributed by atoms with Gasteiger partial charge in [-0.05, 0) is 76.1 Å². The molecule has 0 aromatic heterocycles. The summed E-state index contributed by atoms with van der Waals surface area (Å²) in [5.74, 6) is 1.66. The van der Waals surface area contributed by atoms with E-state index < -0.39 is 0 Å². The van der Waals surface area contributed by atoms with E-state index in [1.54, 1.807) is 7.11 Å². The zero-order valence-corrected chi connectivity index (χ0v) is 20.9. The standard InChI is InChI=1S/C32H29NO4/c1-35-27-16-24-14-15-33(32(34)37-21-23-10-6-3-7-11-23)30-18-25-17-26(36-20-22-8-4-2-5-9-22)12-13-28(25)29(19-27)31(24)30/h2-13,16-17,19,30H,14-15,18,20-21H2,1H3. The number of methoxy groups -OCH3 is 1. The number of nitrogens with zero attached hydrogens (tertiary/aromatic N) is 1. The molecule has 1 atom stereocenters. The molecule has 0 spiro atoms. The van der Waals surface area contributed by atoms with Crippen LogP contribution >= 0.6 is 0 Å². The third kappa shape index (κ3) is 4.65. The molecule has 5 heteroatoms. The van der Waals surface area contributed by atoms with E-state index in [0.717, 1.165) is 45.7 Å². The predicted molar refractivity (Wildman–Crippen MR) is 143 cm³/mol. The van der Waals surface area contributed by atoms with Gasteiger partial charge in [-0.2, -0.15) is 0 Å². The summed E-state index contributed by atoms with van der Waals surface area (Å²) in [5, 5.41) is 0. The molecule has 6 rings (SSSR count). The third-order valence-electron chi connectivity index (χ3n) is 7.27. The van der Waals surface area contributed by atoms with Crippen LogP contribution in [0.4, 0.5) is 4.79 Å². The molecule has 186 valence electrons. The van der Waals surface area contributed by atoms with Crippen molar-refractivity contribution in [3.05, 3.63) is 119 Å². The molecule has 0 N–H and O–H groups in total. The van der Waals surface area contributed by atoms with Crippen LogP contribution in [-0.2, 0) is 30.8 Å². The lowest BCUT2D eigenvalue weighted by Crippen LogP contribution is -2.42. The second kappa shape index (κ2) is 10.0. The maximum Gasteiger partial charge on any atom is 0.410 e. The van der Waals surface area contributed by atoms with Crippen LogP contribution in [-0.4, -0.2) is 24.6 Å². The van der Waals surface area contributed by atoms with Crippen molar-refractivity contribution in [1.82, 2.24) is 4.90 Å². The summed E-state index contributed by atoms with van der Waals surface area (Å²) in [7, 11) is 1.70. The molecule has 5 nitrogen and oxygen atoms in total. The number of rotatable bonds is 6. The molecule has 0 bridgehead atoms. The normalized spacial score (nSPS) is 15.4. The lowest BCUT2D eigenvalue weighted by Gasteiger charge is -2.41. The highest BCUT2D eigenvalue weighted by atomic mass is 16.6. The van der Waals surface area contributed by atoms with Crippen LogP contribution in [0.5, 0.6) is 11.5 Å². The van der Waals surface area contributed by atoms with E-state index in [1.807, 2.05) is 59.5 Å². The maximum atomic E-state index is 13.3. The molecular formula is C32H29NO4. The Hall–Kier alpha value is -4.25. The molecule has 1 heterocycles. The van der Waals surface area contributed by atoms with Gasteiger partial charge in [-0.1, -0.05) is 66.7 Å². The minimum Gasteiger partial charge on any atom is -0.497 e. The molecule has 1 aliphatic carbocycles. The minimum atomic E-state index is -0.277. The van der Waals surface area contributed by atoms with E-state index in [4.69, 9.17) is 14.2 Å². The molecule has 2 aliphatic rings. The van der Waals surface area contributed by atoms with Gasteiger partial charge in [0, 0.05) is 6.54 Å². The highest BCUT2D eigenvalue weighted by Gasteiger charge is 2.38. The Bertz CT molecular complexity index is 1420. The summed E-state index contributed by atoms with van der Waals surface area (Å²) in [4.78, 5) is 15.2. The summed E-state index contributed by atoms with van der Waals surface area (Å²) in [5.41, 5.74) is 7.99. The molecule has 0 fully saturated rings. The number of fused-ring (bicyclic) bond motifs is 2. The van der Waals surface area contributed by atoms with E-state index >= 15 is 0 Å². The number of carbonyl (C=O) groups excluding carboxylic acids is 1. The highest BCUT2D eigenvalue weighted by molar-refractivity contribution is 5.80. The first-order chi connectivity index (χ1) is 18.2. The Labute approximate surface area is 217 Å². The van der Waals surface area contributed by atoms with Gasteiger partial charge >= 0.3 is 6.09 Å². The number of hydrogen-bond acceptors (Lipinski definition) is 4. The first-order valence-electron chi connectivity index (χ1n) is 12.7. The van der Waals surface area contributed by atoms with Gasteiger partial charge in [0.15, 0.2) is 0 Å². The SMILES string of the molecule is COc1cc2c3c(c1)-c1ccc(OCc4ccccc4)cc1CC3N(C(=O)OCc1ccccc1)CC2. The van der Waals surface area contributed by atoms with Gasteiger partial charge in [0.2, 0.25) is 0 Å². The molecule has 4 aromatic rings. The number of carbonyl (C=O) groups is 1. The maximum absolute atomic E-state index is 13.3. The van der Waals surface area contributed by atoms with Crippen LogP contribution in [0, 0.1) is 0 Å². The fourth-order valence-corrected chi connectivity index (χ4v) is 5.45. The Morgan fingerprint density at radius 3 is 2.24 bits per heavy atom. The van der Waals surface area contributed by atoms with Crippen LogP contribution in [0.15, 0.2) is 91.0 Å². The Morgan fingerprint density at radius 2 is 1.51 bits per heavy atom. The Morgan fingerprint density at radius 1 is 0.811 bits per heavy atom. The third-order valence-corrected chi connectivity index (χ3v) is 7.27. The van der Waals surface area contributed by atoms with Gasteiger partial charge < -0.3 is 19.1 Å². The molecule has 4 aromatic carbocycles. The van der Waals surface area contributed by atoms with Gasteiger partial charge in [0.05, 0.1) is 13.2 Å².